The van der Waals surface area contributed by atoms with Crippen LogP contribution in [0.4, 0.5) is 14.5 Å². The van der Waals surface area contributed by atoms with Crippen molar-refractivity contribution in [3.8, 4) is 0 Å². The second-order valence-electron chi connectivity index (χ2n) is 2.91. The first-order valence-electron chi connectivity index (χ1n) is 4.13. The molecule has 0 radical (unpaired) electrons. The molecular weight excluding hydrogens is 210 g/mol. The van der Waals surface area contributed by atoms with Crippen LogP contribution < -0.4 is 4.90 Å². The summed E-state index contributed by atoms with van der Waals surface area (Å²) in [5.74, 6) is 0.275. The molecule has 0 aliphatic carbocycles. The largest absolute Gasteiger partial charge is 0.369 e. The molecule has 0 aliphatic rings. The monoisotopic (exact) mass is 220 g/mol. The van der Waals surface area contributed by atoms with E-state index in [0.29, 0.717) is 5.69 Å². The molecule has 0 saturated heterocycles. The lowest BCUT2D eigenvalue weighted by Gasteiger charge is -2.20. The van der Waals surface area contributed by atoms with Crippen LogP contribution in [0.1, 0.15) is 5.56 Å². The highest BCUT2D eigenvalue weighted by molar-refractivity contribution is 6.17. The van der Waals surface area contributed by atoms with Crippen molar-refractivity contribution in [3.05, 3.63) is 24.0 Å². The van der Waals surface area contributed by atoms with Gasteiger partial charge in [0.1, 0.15) is 0 Å². The topological polar surface area (TPSA) is 16.1 Å². The highest BCUT2D eigenvalue weighted by atomic mass is 35.5. The second kappa shape index (κ2) is 5.10. The lowest BCUT2D eigenvalue weighted by atomic mass is 10.2. The van der Waals surface area contributed by atoms with Crippen LogP contribution >= 0.6 is 11.6 Å². The Balaban J connectivity index is 2.82. The zero-order chi connectivity index (χ0) is 10.6. The zero-order valence-electron chi connectivity index (χ0n) is 7.75. The SMILES string of the molecule is CN(CC(F)F)c1ccncc1CCl. The smallest absolute Gasteiger partial charge is 0.255 e. The molecular formula is C9H11ClF2N2. The number of alkyl halides is 3. The minimum absolute atomic E-state index is 0.275. The van der Waals surface area contributed by atoms with E-state index in [0.717, 1.165) is 5.56 Å². The molecule has 0 atom stereocenters. The van der Waals surface area contributed by atoms with Crippen molar-refractivity contribution in [3.63, 3.8) is 0 Å². The molecule has 78 valence electrons. The molecule has 0 spiro atoms. The van der Waals surface area contributed by atoms with Crippen LogP contribution in [0.3, 0.4) is 0 Å². The summed E-state index contributed by atoms with van der Waals surface area (Å²) < 4.78 is 24.2. The minimum Gasteiger partial charge on any atom is -0.369 e. The van der Waals surface area contributed by atoms with Crippen molar-refractivity contribution in [1.29, 1.82) is 0 Å². The summed E-state index contributed by atoms with van der Waals surface area (Å²) in [6, 6.07) is 1.68. The van der Waals surface area contributed by atoms with Gasteiger partial charge in [0.15, 0.2) is 0 Å². The summed E-state index contributed by atoms with van der Waals surface area (Å²) in [5, 5.41) is 0. The van der Waals surface area contributed by atoms with Crippen LogP contribution in [0, 0.1) is 0 Å². The summed E-state index contributed by atoms with van der Waals surface area (Å²) in [4.78, 5) is 5.36. The van der Waals surface area contributed by atoms with E-state index in [-0.39, 0.29) is 12.4 Å². The van der Waals surface area contributed by atoms with Gasteiger partial charge in [0.05, 0.1) is 12.4 Å². The lowest BCUT2D eigenvalue weighted by Crippen LogP contribution is -2.24. The Hall–Kier alpha value is -0.900. The average molecular weight is 221 g/mol. The number of pyridine rings is 1. The number of rotatable bonds is 4. The van der Waals surface area contributed by atoms with E-state index in [4.69, 9.17) is 11.6 Å². The van der Waals surface area contributed by atoms with Crippen LogP contribution in [0.5, 0.6) is 0 Å². The number of aromatic nitrogens is 1. The Labute approximate surface area is 86.5 Å². The molecule has 0 aliphatic heterocycles. The quantitative estimate of drug-likeness (QED) is 0.725. The van der Waals surface area contributed by atoms with Crippen LogP contribution in [0.15, 0.2) is 18.5 Å². The first kappa shape index (κ1) is 11.2. The number of hydrogen-bond acceptors (Lipinski definition) is 2. The van der Waals surface area contributed by atoms with Gasteiger partial charge in [-0.3, -0.25) is 4.98 Å². The summed E-state index contributed by atoms with van der Waals surface area (Å²) in [5.41, 5.74) is 1.47. The molecule has 5 heteroatoms. The first-order valence-corrected chi connectivity index (χ1v) is 4.66. The maximum atomic E-state index is 12.1. The maximum Gasteiger partial charge on any atom is 0.255 e. The minimum atomic E-state index is -2.35. The lowest BCUT2D eigenvalue weighted by molar-refractivity contribution is 0.156. The van der Waals surface area contributed by atoms with E-state index in [2.05, 4.69) is 4.98 Å². The average Bonchev–Trinajstić information content (AvgIpc) is 2.16. The fourth-order valence-electron chi connectivity index (χ4n) is 1.20. The second-order valence-corrected chi connectivity index (χ2v) is 3.18. The molecule has 0 amide bonds. The fourth-order valence-corrected chi connectivity index (χ4v) is 1.41. The van der Waals surface area contributed by atoms with Gasteiger partial charge in [0.2, 0.25) is 0 Å². The van der Waals surface area contributed by atoms with Gasteiger partial charge in [0, 0.05) is 30.7 Å². The third kappa shape index (κ3) is 2.80. The van der Waals surface area contributed by atoms with Crippen LogP contribution in [0.25, 0.3) is 0 Å². The standard InChI is InChI=1S/C9H11ClF2N2/c1-14(6-9(11)12)8-2-3-13-5-7(8)4-10/h2-3,5,9H,4,6H2,1H3. The predicted octanol–water partition coefficient (Wildman–Crippen LogP) is 2.52. The van der Waals surface area contributed by atoms with E-state index in [1.807, 2.05) is 0 Å². The molecule has 1 aromatic heterocycles. The molecule has 1 aromatic rings. The highest BCUT2D eigenvalue weighted by Crippen LogP contribution is 2.20. The van der Waals surface area contributed by atoms with Gasteiger partial charge in [-0.25, -0.2) is 8.78 Å². The Morgan fingerprint density at radius 1 is 1.57 bits per heavy atom. The van der Waals surface area contributed by atoms with Crippen molar-refractivity contribution in [2.75, 3.05) is 18.5 Å². The third-order valence-electron chi connectivity index (χ3n) is 1.84. The Kier molecular flexibility index (Phi) is 4.07. The molecule has 0 saturated carbocycles. The van der Waals surface area contributed by atoms with Crippen LogP contribution in [0.2, 0.25) is 0 Å². The van der Waals surface area contributed by atoms with E-state index >= 15 is 0 Å². The summed E-state index contributed by atoms with van der Waals surface area (Å²) >= 11 is 5.66. The fraction of sp³-hybridized carbons (Fsp3) is 0.444. The van der Waals surface area contributed by atoms with E-state index < -0.39 is 6.43 Å². The van der Waals surface area contributed by atoms with E-state index in [1.54, 1.807) is 25.5 Å². The molecule has 0 bridgehead atoms. The third-order valence-corrected chi connectivity index (χ3v) is 2.13. The summed E-state index contributed by atoms with van der Waals surface area (Å²) in [6.45, 7) is -0.298. The van der Waals surface area contributed by atoms with Gasteiger partial charge in [-0.05, 0) is 6.07 Å². The van der Waals surface area contributed by atoms with Gasteiger partial charge in [-0.2, -0.15) is 0 Å². The number of anilines is 1. The van der Waals surface area contributed by atoms with Crippen molar-refractivity contribution < 1.29 is 8.78 Å². The Morgan fingerprint density at radius 2 is 2.29 bits per heavy atom. The Bertz CT molecular complexity index is 294. The first-order chi connectivity index (χ1) is 6.65. The van der Waals surface area contributed by atoms with Crippen molar-refractivity contribution in [1.82, 2.24) is 4.98 Å². The maximum absolute atomic E-state index is 12.1. The number of halogens is 3. The molecule has 0 N–H and O–H groups in total. The van der Waals surface area contributed by atoms with Gasteiger partial charge in [0.25, 0.3) is 6.43 Å². The van der Waals surface area contributed by atoms with Crippen molar-refractivity contribution in [2.45, 2.75) is 12.3 Å². The summed E-state index contributed by atoms with van der Waals surface area (Å²) in [7, 11) is 1.61. The van der Waals surface area contributed by atoms with Gasteiger partial charge in [-0.15, -0.1) is 11.6 Å². The van der Waals surface area contributed by atoms with E-state index in [1.165, 1.54) is 4.90 Å². The molecule has 0 fully saturated rings. The molecule has 1 heterocycles. The molecule has 0 unspecified atom stereocenters. The Morgan fingerprint density at radius 3 is 2.86 bits per heavy atom. The molecule has 14 heavy (non-hydrogen) atoms. The normalized spacial score (nSPS) is 10.6. The van der Waals surface area contributed by atoms with Gasteiger partial charge in [-0.1, -0.05) is 0 Å². The van der Waals surface area contributed by atoms with Gasteiger partial charge < -0.3 is 4.90 Å². The number of hydrogen-bond donors (Lipinski definition) is 0. The van der Waals surface area contributed by atoms with Gasteiger partial charge >= 0.3 is 0 Å². The van der Waals surface area contributed by atoms with E-state index in [9.17, 15) is 8.78 Å². The predicted molar refractivity (Wildman–Crippen MR) is 53.1 cm³/mol. The van der Waals surface area contributed by atoms with Crippen LogP contribution in [-0.2, 0) is 5.88 Å². The molecule has 2 nitrogen and oxygen atoms in total. The highest BCUT2D eigenvalue weighted by Gasteiger charge is 2.11. The molecule has 0 aromatic carbocycles. The van der Waals surface area contributed by atoms with Crippen molar-refractivity contribution >= 4 is 17.3 Å². The zero-order valence-corrected chi connectivity index (χ0v) is 8.51. The summed E-state index contributed by atoms with van der Waals surface area (Å²) in [6.07, 6.45) is 0.800. The van der Waals surface area contributed by atoms with Crippen LogP contribution in [-0.4, -0.2) is 25.0 Å². The number of nitrogens with zero attached hydrogens (tertiary/aromatic N) is 2. The molecule has 1 rings (SSSR count). The van der Waals surface area contributed by atoms with Crippen molar-refractivity contribution in [2.24, 2.45) is 0 Å².